The number of carbonyl (C=O) groups is 1. The molecule has 0 radical (unpaired) electrons. The standard InChI is InChI=1S/C11H15FN2O3S/c1-2-3-6-14-11(15)8-4-5-9(12)10(7-8)18(13,16)17/h4-5,7H,2-3,6H2,1H3,(H,14,15)(H2,13,16,17). The third-order valence-corrected chi connectivity index (χ3v) is 3.24. The highest BCUT2D eigenvalue weighted by Gasteiger charge is 2.17. The van der Waals surface area contributed by atoms with Crippen LogP contribution in [0.4, 0.5) is 4.39 Å². The monoisotopic (exact) mass is 274 g/mol. The van der Waals surface area contributed by atoms with E-state index in [-0.39, 0.29) is 5.56 Å². The van der Waals surface area contributed by atoms with Gasteiger partial charge in [-0.15, -0.1) is 0 Å². The molecule has 5 nitrogen and oxygen atoms in total. The fourth-order valence-corrected chi connectivity index (χ4v) is 1.97. The van der Waals surface area contributed by atoms with Gasteiger partial charge in [-0.1, -0.05) is 13.3 Å². The molecule has 0 bridgehead atoms. The minimum absolute atomic E-state index is 0.0662. The summed E-state index contributed by atoms with van der Waals surface area (Å²) in [5.74, 6) is -1.42. The van der Waals surface area contributed by atoms with Gasteiger partial charge in [0.15, 0.2) is 0 Å². The molecule has 100 valence electrons. The lowest BCUT2D eigenvalue weighted by Crippen LogP contribution is -2.25. The van der Waals surface area contributed by atoms with Gasteiger partial charge in [-0.25, -0.2) is 17.9 Å². The molecular formula is C11H15FN2O3S. The number of primary sulfonamides is 1. The quantitative estimate of drug-likeness (QED) is 0.785. The molecule has 3 N–H and O–H groups in total. The van der Waals surface area contributed by atoms with Gasteiger partial charge in [0.1, 0.15) is 10.7 Å². The van der Waals surface area contributed by atoms with E-state index in [1.54, 1.807) is 0 Å². The van der Waals surface area contributed by atoms with Crippen LogP contribution in [0.25, 0.3) is 0 Å². The van der Waals surface area contributed by atoms with Crippen molar-refractivity contribution in [2.45, 2.75) is 24.7 Å². The van der Waals surface area contributed by atoms with Crippen molar-refractivity contribution in [3.8, 4) is 0 Å². The van der Waals surface area contributed by atoms with Crippen molar-refractivity contribution in [2.24, 2.45) is 5.14 Å². The van der Waals surface area contributed by atoms with E-state index in [2.05, 4.69) is 5.32 Å². The number of carbonyl (C=O) groups excluding carboxylic acids is 1. The molecule has 1 aromatic rings. The van der Waals surface area contributed by atoms with Gasteiger partial charge >= 0.3 is 0 Å². The second-order valence-electron chi connectivity index (χ2n) is 3.80. The first-order valence-electron chi connectivity index (χ1n) is 5.46. The number of benzene rings is 1. The zero-order valence-corrected chi connectivity index (χ0v) is 10.8. The highest BCUT2D eigenvalue weighted by Crippen LogP contribution is 2.14. The van der Waals surface area contributed by atoms with Gasteiger partial charge in [-0.2, -0.15) is 0 Å². The molecule has 0 heterocycles. The molecular weight excluding hydrogens is 259 g/mol. The lowest BCUT2D eigenvalue weighted by molar-refractivity contribution is 0.0953. The fraction of sp³-hybridized carbons (Fsp3) is 0.364. The van der Waals surface area contributed by atoms with Crippen molar-refractivity contribution < 1.29 is 17.6 Å². The average molecular weight is 274 g/mol. The summed E-state index contributed by atoms with van der Waals surface area (Å²) in [6.07, 6.45) is 1.74. The van der Waals surface area contributed by atoms with Crippen LogP contribution < -0.4 is 10.5 Å². The van der Waals surface area contributed by atoms with Gasteiger partial charge in [0.05, 0.1) is 0 Å². The molecule has 0 fully saturated rings. The SMILES string of the molecule is CCCCNC(=O)c1ccc(F)c(S(N)(=O)=O)c1. The maximum Gasteiger partial charge on any atom is 0.251 e. The van der Waals surface area contributed by atoms with E-state index in [0.29, 0.717) is 6.54 Å². The Morgan fingerprint density at radius 3 is 2.67 bits per heavy atom. The third-order valence-electron chi connectivity index (χ3n) is 2.32. The van der Waals surface area contributed by atoms with E-state index < -0.39 is 26.6 Å². The fourth-order valence-electron chi connectivity index (χ4n) is 1.34. The summed E-state index contributed by atoms with van der Waals surface area (Å²) < 4.78 is 35.4. The molecule has 7 heteroatoms. The Labute approximate surface area is 105 Å². The summed E-state index contributed by atoms with van der Waals surface area (Å²) in [4.78, 5) is 11.0. The van der Waals surface area contributed by atoms with Gasteiger partial charge < -0.3 is 5.32 Å². The molecule has 1 amide bonds. The molecule has 0 aliphatic rings. The Kier molecular flexibility index (Phi) is 4.80. The van der Waals surface area contributed by atoms with Crippen LogP contribution in [-0.2, 0) is 10.0 Å². The number of sulfonamides is 1. The molecule has 0 aliphatic heterocycles. The lowest BCUT2D eigenvalue weighted by atomic mass is 10.2. The first-order chi connectivity index (χ1) is 8.36. The number of halogens is 1. The Morgan fingerprint density at radius 1 is 1.44 bits per heavy atom. The second kappa shape index (κ2) is 5.92. The Balaban J connectivity index is 2.95. The van der Waals surface area contributed by atoms with Crippen LogP contribution in [0.2, 0.25) is 0 Å². The first-order valence-corrected chi connectivity index (χ1v) is 7.01. The van der Waals surface area contributed by atoms with Crippen LogP contribution in [0, 0.1) is 5.82 Å². The van der Waals surface area contributed by atoms with Crippen molar-refractivity contribution in [2.75, 3.05) is 6.54 Å². The predicted molar refractivity (Wildman–Crippen MR) is 65.0 cm³/mol. The minimum Gasteiger partial charge on any atom is -0.352 e. The zero-order chi connectivity index (χ0) is 13.8. The lowest BCUT2D eigenvalue weighted by Gasteiger charge is -2.06. The van der Waals surface area contributed by atoms with Crippen LogP contribution in [-0.4, -0.2) is 20.9 Å². The zero-order valence-electron chi connectivity index (χ0n) is 9.94. The van der Waals surface area contributed by atoms with Gasteiger partial charge in [0.2, 0.25) is 10.0 Å². The number of amides is 1. The first kappa shape index (κ1) is 14.6. The van der Waals surface area contributed by atoms with E-state index in [4.69, 9.17) is 5.14 Å². The largest absolute Gasteiger partial charge is 0.352 e. The molecule has 18 heavy (non-hydrogen) atoms. The van der Waals surface area contributed by atoms with Gasteiger partial charge in [0, 0.05) is 12.1 Å². The number of hydrogen-bond acceptors (Lipinski definition) is 3. The van der Waals surface area contributed by atoms with Crippen LogP contribution in [0.5, 0.6) is 0 Å². The van der Waals surface area contributed by atoms with Crippen LogP contribution in [0.3, 0.4) is 0 Å². The summed E-state index contributed by atoms with van der Waals surface area (Å²) in [6, 6.07) is 3.06. The van der Waals surface area contributed by atoms with Crippen LogP contribution >= 0.6 is 0 Å². The smallest absolute Gasteiger partial charge is 0.251 e. The number of nitrogens with one attached hydrogen (secondary N) is 1. The molecule has 1 rings (SSSR count). The summed E-state index contributed by atoms with van der Waals surface area (Å²) >= 11 is 0. The molecule has 0 spiro atoms. The molecule has 0 saturated heterocycles. The predicted octanol–water partition coefficient (Wildman–Crippen LogP) is 1.00. The molecule has 1 aromatic carbocycles. The summed E-state index contributed by atoms with van der Waals surface area (Å²) in [5, 5.41) is 7.45. The second-order valence-corrected chi connectivity index (χ2v) is 5.33. The van der Waals surface area contributed by atoms with Crippen molar-refractivity contribution in [1.82, 2.24) is 5.32 Å². The Hall–Kier alpha value is -1.47. The average Bonchev–Trinajstić information content (AvgIpc) is 2.28. The van der Waals surface area contributed by atoms with E-state index >= 15 is 0 Å². The molecule has 0 unspecified atom stereocenters. The van der Waals surface area contributed by atoms with Crippen molar-refractivity contribution in [1.29, 1.82) is 0 Å². The Bertz CT molecular complexity index is 543. The molecule has 0 aliphatic carbocycles. The van der Waals surface area contributed by atoms with Gasteiger partial charge in [-0.3, -0.25) is 4.79 Å². The normalized spacial score (nSPS) is 11.3. The maximum absolute atomic E-state index is 13.2. The Morgan fingerprint density at radius 2 is 2.11 bits per heavy atom. The number of hydrogen-bond donors (Lipinski definition) is 2. The van der Waals surface area contributed by atoms with Gasteiger partial charge in [-0.05, 0) is 24.6 Å². The number of unbranched alkanes of at least 4 members (excludes halogenated alkanes) is 1. The summed E-state index contributed by atoms with van der Waals surface area (Å²) in [7, 11) is -4.17. The van der Waals surface area contributed by atoms with E-state index in [0.717, 1.165) is 25.0 Å². The van der Waals surface area contributed by atoms with Gasteiger partial charge in [0.25, 0.3) is 5.91 Å². The molecule has 0 atom stereocenters. The van der Waals surface area contributed by atoms with Crippen molar-refractivity contribution in [3.63, 3.8) is 0 Å². The van der Waals surface area contributed by atoms with Crippen molar-refractivity contribution >= 4 is 15.9 Å². The van der Waals surface area contributed by atoms with Crippen LogP contribution in [0.15, 0.2) is 23.1 Å². The number of rotatable bonds is 5. The maximum atomic E-state index is 13.2. The summed E-state index contributed by atoms with van der Waals surface area (Å²) in [5.41, 5.74) is 0.0662. The molecule has 0 aromatic heterocycles. The highest BCUT2D eigenvalue weighted by atomic mass is 32.2. The van der Waals surface area contributed by atoms with E-state index in [1.807, 2.05) is 6.92 Å². The highest BCUT2D eigenvalue weighted by molar-refractivity contribution is 7.89. The summed E-state index contributed by atoms with van der Waals surface area (Å²) in [6.45, 7) is 2.46. The topological polar surface area (TPSA) is 89.3 Å². The van der Waals surface area contributed by atoms with E-state index in [9.17, 15) is 17.6 Å². The minimum atomic E-state index is -4.17. The van der Waals surface area contributed by atoms with Crippen molar-refractivity contribution in [3.05, 3.63) is 29.6 Å². The third kappa shape index (κ3) is 3.78. The van der Waals surface area contributed by atoms with E-state index in [1.165, 1.54) is 6.07 Å². The van der Waals surface area contributed by atoms with Crippen LogP contribution in [0.1, 0.15) is 30.1 Å². The molecule has 0 saturated carbocycles. The number of nitrogens with two attached hydrogens (primary N) is 1.